The average Bonchev–Trinajstić information content (AvgIpc) is 2.41. The summed E-state index contributed by atoms with van der Waals surface area (Å²) in [6.45, 7) is -0.0923. The van der Waals surface area contributed by atoms with E-state index < -0.39 is 11.6 Å². The molecule has 0 unspecified atom stereocenters. The van der Waals surface area contributed by atoms with Crippen molar-refractivity contribution in [3.8, 4) is 5.75 Å². The zero-order valence-corrected chi connectivity index (χ0v) is 9.99. The number of hydrogen-bond donors (Lipinski definition) is 2. The number of ether oxygens (including phenoxy) is 1. The number of nitrogen functional groups attached to an aromatic ring is 1. The second kappa shape index (κ2) is 5.48. The summed E-state index contributed by atoms with van der Waals surface area (Å²) < 4.78 is 31.8. The molecule has 5 heteroatoms. The van der Waals surface area contributed by atoms with E-state index in [0.717, 1.165) is 6.07 Å². The van der Waals surface area contributed by atoms with E-state index in [1.165, 1.54) is 12.1 Å². The van der Waals surface area contributed by atoms with Crippen molar-refractivity contribution < 1.29 is 13.5 Å². The van der Waals surface area contributed by atoms with Gasteiger partial charge in [-0.15, -0.1) is 0 Å². The van der Waals surface area contributed by atoms with Crippen LogP contribution in [0.5, 0.6) is 5.75 Å². The molecule has 0 aliphatic rings. The number of amidine groups is 1. The highest BCUT2D eigenvalue weighted by Crippen LogP contribution is 2.17. The first-order chi connectivity index (χ1) is 9.08. The highest BCUT2D eigenvalue weighted by atomic mass is 19.2. The molecule has 0 heterocycles. The predicted octanol–water partition coefficient (Wildman–Crippen LogP) is 2.83. The first-order valence-corrected chi connectivity index (χ1v) is 5.58. The van der Waals surface area contributed by atoms with Crippen LogP contribution in [0.25, 0.3) is 0 Å². The molecule has 3 nitrogen and oxygen atoms in total. The van der Waals surface area contributed by atoms with Crippen LogP contribution in [0.3, 0.4) is 0 Å². The van der Waals surface area contributed by atoms with Gasteiger partial charge in [0, 0.05) is 11.1 Å². The Hall–Kier alpha value is -2.43. The first-order valence-electron chi connectivity index (χ1n) is 5.58. The van der Waals surface area contributed by atoms with E-state index in [-0.39, 0.29) is 18.0 Å². The predicted molar refractivity (Wildman–Crippen MR) is 68.1 cm³/mol. The highest BCUT2D eigenvalue weighted by molar-refractivity contribution is 5.95. The third-order valence-corrected chi connectivity index (χ3v) is 2.57. The van der Waals surface area contributed by atoms with Gasteiger partial charge < -0.3 is 10.5 Å². The quantitative estimate of drug-likeness (QED) is 0.657. The van der Waals surface area contributed by atoms with Gasteiger partial charge in [-0.2, -0.15) is 0 Å². The minimum atomic E-state index is -0.912. The Bertz CT molecular complexity index is 614. The lowest BCUT2D eigenvalue weighted by Crippen LogP contribution is -2.11. The van der Waals surface area contributed by atoms with Crippen molar-refractivity contribution in [3.05, 3.63) is 65.2 Å². The van der Waals surface area contributed by atoms with Gasteiger partial charge in [-0.25, -0.2) is 8.78 Å². The molecule has 0 amide bonds. The second-order valence-corrected chi connectivity index (χ2v) is 3.94. The second-order valence-electron chi connectivity index (χ2n) is 3.94. The van der Waals surface area contributed by atoms with E-state index in [1.54, 1.807) is 24.3 Å². The molecule has 2 aromatic carbocycles. The van der Waals surface area contributed by atoms with Gasteiger partial charge in [0.2, 0.25) is 0 Å². The van der Waals surface area contributed by atoms with Crippen LogP contribution in [0, 0.1) is 17.0 Å². The summed E-state index contributed by atoms with van der Waals surface area (Å²) in [6.07, 6.45) is 0. The summed E-state index contributed by atoms with van der Waals surface area (Å²) in [5.41, 5.74) is 6.00. The van der Waals surface area contributed by atoms with Crippen LogP contribution in [0.15, 0.2) is 42.5 Å². The Labute approximate surface area is 109 Å². The van der Waals surface area contributed by atoms with Crippen LogP contribution in [0.2, 0.25) is 0 Å². The summed E-state index contributed by atoms with van der Waals surface area (Å²) in [7, 11) is 0. The van der Waals surface area contributed by atoms with Crippen LogP contribution in [0.1, 0.15) is 11.1 Å². The maximum Gasteiger partial charge on any atom is 0.165 e. The summed E-state index contributed by atoms with van der Waals surface area (Å²) >= 11 is 0. The van der Waals surface area contributed by atoms with Crippen LogP contribution in [-0.4, -0.2) is 5.84 Å². The Morgan fingerprint density at radius 1 is 1.16 bits per heavy atom. The summed E-state index contributed by atoms with van der Waals surface area (Å²) in [5.74, 6) is -1.46. The van der Waals surface area contributed by atoms with Gasteiger partial charge in [0.25, 0.3) is 0 Å². The summed E-state index contributed by atoms with van der Waals surface area (Å²) in [4.78, 5) is 0. The normalized spacial score (nSPS) is 10.2. The number of benzene rings is 2. The summed E-state index contributed by atoms with van der Waals surface area (Å²) in [5, 5.41) is 7.30. The first kappa shape index (κ1) is 13.0. The molecule has 2 aromatic rings. The largest absolute Gasteiger partial charge is 0.489 e. The van der Waals surface area contributed by atoms with Crippen molar-refractivity contribution in [2.75, 3.05) is 0 Å². The molecule has 3 N–H and O–H groups in total. The maximum absolute atomic E-state index is 13.4. The standard InChI is InChI=1S/C14H12F2N2O/c15-12-6-2-4-10(13(12)16)8-19-11-5-1-3-9(7-11)14(17)18/h1-7H,8H2,(H3,17,18). The minimum Gasteiger partial charge on any atom is -0.489 e. The van der Waals surface area contributed by atoms with E-state index in [0.29, 0.717) is 11.3 Å². The molecule has 0 saturated heterocycles. The topological polar surface area (TPSA) is 59.1 Å². The molecule has 0 atom stereocenters. The van der Waals surface area contributed by atoms with Gasteiger partial charge in [0.15, 0.2) is 11.6 Å². The van der Waals surface area contributed by atoms with Gasteiger partial charge in [0.05, 0.1) is 0 Å². The SMILES string of the molecule is N=C(N)c1cccc(OCc2cccc(F)c2F)c1. The molecule has 19 heavy (non-hydrogen) atoms. The molecule has 0 bridgehead atoms. The van der Waals surface area contributed by atoms with E-state index in [4.69, 9.17) is 15.9 Å². The minimum absolute atomic E-state index is 0.0811. The molecule has 0 saturated carbocycles. The van der Waals surface area contributed by atoms with Crippen LogP contribution in [-0.2, 0) is 6.61 Å². The Morgan fingerprint density at radius 2 is 1.89 bits per heavy atom. The van der Waals surface area contributed by atoms with Gasteiger partial charge in [-0.05, 0) is 18.2 Å². The van der Waals surface area contributed by atoms with E-state index >= 15 is 0 Å². The fraction of sp³-hybridized carbons (Fsp3) is 0.0714. The van der Waals surface area contributed by atoms with E-state index in [1.807, 2.05) is 0 Å². The molecule has 0 aliphatic heterocycles. The number of nitrogens with one attached hydrogen (secondary N) is 1. The van der Waals surface area contributed by atoms with Crippen LogP contribution in [0.4, 0.5) is 8.78 Å². The molecular formula is C14H12F2N2O. The lowest BCUT2D eigenvalue weighted by atomic mass is 10.2. The van der Waals surface area contributed by atoms with Crippen molar-refractivity contribution in [3.63, 3.8) is 0 Å². The monoisotopic (exact) mass is 262 g/mol. The number of halogens is 2. The van der Waals surface area contributed by atoms with Gasteiger partial charge in [0.1, 0.15) is 18.2 Å². The van der Waals surface area contributed by atoms with Gasteiger partial charge in [-0.3, -0.25) is 5.41 Å². The smallest absolute Gasteiger partial charge is 0.165 e. The molecule has 0 aromatic heterocycles. The van der Waals surface area contributed by atoms with Crippen LogP contribution < -0.4 is 10.5 Å². The van der Waals surface area contributed by atoms with Crippen molar-refractivity contribution in [1.82, 2.24) is 0 Å². The number of nitrogens with two attached hydrogens (primary N) is 1. The Balaban J connectivity index is 2.12. The molecule has 0 spiro atoms. The number of rotatable bonds is 4. The highest BCUT2D eigenvalue weighted by Gasteiger charge is 2.08. The lowest BCUT2D eigenvalue weighted by Gasteiger charge is -2.08. The molecule has 0 radical (unpaired) electrons. The molecular weight excluding hydrogens is 250 g/mol. The lowest BCUT2D eigenvalue weighted by molar-refractivity contribution is 0.297. The van der Waals surface area contributed by atoms with E-state index in [9.17, 15) is 8.78 Å². The molecule has 0 fully saturated rings. The van der Waals surface area contributed by atoms with E-state index in [2.05, 4.69) is 0 Å². The average molecular weight is 262 g/mol. The number of hydrogen-bond acceptors (Lipinski definition) is 2. The molecule has 98 valence electrons. The van der Waals surface area contributed by atoms with Gasteiger partial charge >= 0.3 is 0 Å². The fourth-order valence-corrected chi connectivity index (χ4v) is 1.57. The fourth-order valence-electron chi connectivity index (χ4n) is 1.57. The zero-order valence-electron chi connectivity index (χ0n) is 9.99. The van der Waals surface area contributed by atoms with Crippen molar-refractivity contribution in [1.29, 1.82) is 5.41 Å². The Kier molecular flexibility index (Phi) is 3.75. The third-order valence-electron chi connectivity index (χ3n) is 2.57. The third kappa shape index (κ3) is 3.07. The summed E-state index contributed by atoms with van der Waals surface area (Å²) in [6, 6.07) is 10.5. The molecule has 2 rings (SSSR count). The van der Waals surface area contributed by atoms with Crippen molar-refractivity contribution in [2.24, 2.45) is 5.73 Å². The zero-order chi connectivity index (χ0) is 13.8. The Morgan fingerprint density at radius 3 is 2.63 bits per heavy atom. The van der Waals surface area contributed by atoms with Crippen molar-refractivity contribution in [2.45, 2.75) is 6.61 Å². The maximum atomic E-state index is 13.4. The van der Waals surface area contributed by atoms with Crippen LogP contribution >= 0.6 is 0 Å². The van der Waals surface area contributed by atoms with Crippen molar-refractivity contribution >= 4 is 5.84 Å². The van der Waals surface area contributed by atoms with Gasteiger partial charge in [-0.1, -0.05) is 24.3 Å². The molecule has 0 aliphatic carbocycles.